The van der Waals surface area contributed by atoms with E-state index in [0.29, 0.717) is 0 Å². The minimum absolute atomic E-state index is 0.0520. The molecule has 4 rings (SSSR count). The number of carbonyl (C=O) groups excluding carboxylic acids is 2. The van der Waals surface area contributed by atoms with Gasteiger partial charge < -0.3 is 15.8 Å². The van der Waals surface area contributed by atoms with Gasteiger partial charge in [-0.3, -0.25) is 19.5 Å². The molecule has 8 nitrogen and oxygen atoms in total. The minimum atomic E-state index is -2.70. The van der Waals surface area contributed by atoms with Crippen LogP contribution in [0.3, 0.4) is 0 Å². The molecule has 2 aliphatic heterocycles. The summed E-state index contributed by atoms with van der Waals surface area (Å²) in [6, 6.07) is 6.09. The highest BCUT2D eigenvalue weighted by Crippen LogP contribution is 2.44. The number of hydrogen-bond acceptors (Lipinski definition) is 6. The second kappa shape index (κ2) is 7.65. The Morgan fingerprint density at radius 2 is 2.13 bits per heavy atom. The van der Waals surface area contributed by atoms with Gasteiger partial charge in [0.2, 0.25) is 5.91 Å². The standard InChI is InChI=1S/C20H18F3N5O3/c1-28-18(30)13-8-31-9-20(13,27-19(28)24)12-6-11(3-4-14(12)21)26-17(29)15-5-2-10(7-25-15)16(22)23/h2-7,13,16H,8-9H2,1H3,(H2,24,27)(H,26,29). The van der Waals surface area contributed by atoms with Crippen LogP contribution in [0.25, 0.3) is 0 Å². The van der Waals surface area contributed by atoms with Gasteiger partial charge >= 0.3 is 0 Å². The summed E-state index contributed by atoms with van der Waals surface area (Å²) in [6.45, 7) is -0.000696. The molecule has 2 amide bonds. The van der Waals surface area contributed by atoms with E-state index in [9.17, 15) is 22.8 Å². The Morgan fingerprint density at radius 1 is 1.35 bits per heavy atom. The molecule has 162 valence electrons. The highest BCUT2D eigenvalue weighted by Gasteiger charge is 2.54. The zero-order valence-electron chi connectivity index (χ0n) is 16.3. The van der Waals surface area contributed by atoms with Gasteiger partial charge in [0.25, 0.3) is 12.3 Å². The van der Waals surface area contributed by atoms with E-state index in [4.69, 9.17) is 10.5 Å². The summed E-state index contributed by atoms with van der Waals surface area (Å²) < 4.78 is 45.6. The van der Waals surface area contributed by atoms with E-state index in [2.05, 4.69) is 15.3 Å². The van der Waals surface area contributed by atoms with Crippen LogP contribution in [0, 0.1) is 11.7 Å². The number of rotatable bonds is 4. The molecule has 1 fully saturated rings. The number of fused-ring (bicyclic) bond motifs is 1. The second-order valence-corrected chi connectivity index (χ2v) is 7.29. The number of guanidine groups is 1. The fourth-order valence-corrected chi connectivity index (χ4v) is 3.71. The van der Waals surface area contributed by atoms with Crippen molar-refractivity contribution in [2.45, 2.75) is 12.0 Å². The van der Waals surface area contributed by atoms with E-state index >= 15 is 0 Å². The maximum atomic E-state index is 14.8. The lowest BCUT2D eigenvalue weighted by atomic mass is 9.78. The smallest absolute Gasteiger partial charge is 0.274 e. The Labute approximate surface area is 174 Å². The van der Waals surface area contributed by atoms with Gasteiger partial charge in [-0.25, -0.2) is 18.2 Å². The van der Waals surface area contributed by atoms with E-state index in [0.717, 1.165) is 18.3 Å². The highest BCUT2D eigenvalue weighted by atomic mass is 19.3. The Morgan fingerprint density at radius 3 is 2.81 bits per heavy atom. The SMILES string of the molecule is CN1C(=O)C2COCC2(c2cc(NC(=O)c3ccc(C(F)F)cn3)ccc2F)N=C1N. The molecular weight excluding hydrogens is 415 g/mol. The van der Waals surface area contributed by atoms with Crippen LogP contribution in [0.2, 0.25) is 0 Å². The van der Waals surface area contributed by atoms with Gasteiger partial charge in [-0.1, -0.05) is 0 Å². The fourth-order valence-electron chi connectivity index (χ4n) is 3.71. The normalized spacial score (nSPS) is 23.0. The summed E-state index contributed by atoms with van der Waals surface area (Å²) in [5, 5.41) is 2.55. The van der Waals surface area contributed by atoms with Crippen molar-refractivity contribution >= 4 is 23.5 Å². The monoisotopic (exact) mass is 433 g/mol. The topological polar surface area (TPSA) is 110 Å². The van der Waals surface area contributed by atoms with Gasteiger partial charge in [-0.2, -0.15) is 0 Å². The van der Waals surface area contributed by atoms with E-state index in [1.807, 2.05) is 0 Å². The van der Waals surface area contributed by atoms with Crippen LogP contribution in [0.1, 0.15) is 28.0 Å². The lowest BCUT2D eigenvalue weighted by Crippen LogP contribution is -2.54. The van der Waals surface area contributed by atoms with Crippen LogP contribution in [-0.4, -0.2) is 47.9 Å². The van der Waals surface area contributed by atoms with E-state index in [1.165, 1.54) is 30.1 Å². The third-order valence-electron chi connectivity index (χ3n) is 5.43. The van der Waals surface area contributed by atoms with Gasteiger partial charge in [0, 0.05) is 30.1 Å². The lowest BCUT2D eigenvalue weighted by molar-refractivity contribution is -0.133. The van der Waals surface area contributed by atoms with Crippen molar-refractivity contribution in [3.8, 4) is 0 Å². The quantitative estimate of drug-likeness (QED) is 0.767. The molecule has 0 bridgehead atoms. The number of nitrogens with one attached hydrogen (secondary N) is 1. The number of nitrogens with zero attached hydrogens (tertiary/aromatic N) is 3. The van der Waals surface area contributed by atoms with Crippen molar-refractivity contribution in [1.82, 2.24) is 9.88 Å². The fraction of sp³-hybridized carbons (Fsp3) is 0.300. The average Bonchev–Trinajstić information content (AvgIpc) is 3.18. The van der Waals surface area contributed by atoms with E-state index in [-0.39, 0.29) is 47.6 Å². The third-order valence-corrected chi connectivity index (χ3v) is 5.43. The van der Waals surface area contributed by atoms with Crippen molar-refractivity contribution in [1.29, 1.82) is 0 Å². The van der Waals surface area contributed by atoms with Crippen LogP contribution >= 0.6 is 0 Å². The number of pyridine rings is 1. The minimum Gasteiger partial charge on any atom is -0.378 e. The average molecular weight is 433 g/mol. The number of aromatic nitrogens is 1. The number of ether oxygens (including phenoxy) is 1. The molecular formula is C20H18F3N5O3. The van der Waals surface area contributed by atoms with Gasteiger partial charge in [0.1, 0.15) is 17.1 Å². The summed E-state index contributed by atoms with van der Waals surface area (Å²) >= 11 is 0. The first-order chi connectivity index (χ1) is 14.7. The summed E-state index contributed by atoms with van der Waals surface area (Å²) in [4.78, 5) is 34.4. The summed E-state index contributed by atoms with van der Waals surface area (Å²) in [5.41, 5.74) is 4.38. The Kier molecular flexibility index (Phi) is 5.13. The molecule has 3 heterocycles. The van der Waals surface area contributed by atoms with Crippen molar-refractivity contribution in [2.24, 2.45) is 16.6 Å². The van der Waals surface area contributed by atoms with Crippen LogP contribution in [0.15, 0.2) is 41.5 Å². The third kappa shape index (κ3) is 3.50. The van der Waals surface area contributed by atoms with E-state index < -0.39 is 29.6 Å². The number of nitrogens with two attached hydrogens (primary N) is 1. The van der Waals surface area contributed by atoms with Crippen molar-refractivity contribution in [3.63, 3.8) is 0 Å². The molecule has 2 aromatic rings. The number of hydrogen-bond donors (Lipinski definition) is 2. The number of alkyl halides is 2. The van der Waals surface area contributed by atoms with Gasteiger partial charge in [-0.05, 0) is 30.3 Å². The molecule has 0 aliphatic carbocycles. The van der Waals surface area contributed by atoms with E-state index in [1.54, 1.807) is 0 Å². The number of carbonyl (C=O) groups is 2. The molecule has 1 aromatic heterocycles. The number of aliphatic imine (C=N–C) groups is 1. The van der Waals surface area contributed by atoms with Crippen LogP contribution in [0.5, 0.6) is 0 Å². The van der Waals surface area contributed by atoms with Gasteiger partial charge in [-0.15, -0.1) is 0 Å². The van der Waals surface area contributed by atoms with Crippen LogP contribution in [-0.2, 0) is 15.1 Å². The predicted molar refractivity (Wildman–Crippen MR) is 104 cm³/mol. The lowest BCUT2D eigenvalue weighted by Gasteiger charge is -2.37. The summed E-state index contributed by atoms with van der Waals surface area (Å²) in [7, 11) is 1.47. The molecule has 11 heteroatoms. The predicted octanol–water partition coefficient (Wildman–Crippen LogP) is 2.04. The first-order valence-electron chi connectivity index (χ1n) is 9.29. The summed E-state index contributed by atoms with van der Waals surface area (Å²) in [5.74, 6) is -2.49. The van der Waals surface area contributed by atoms with Gasteiger partial charge in [0.05, 0.1) is 19.1 Å². The number of halogens is 3. The molecule has 2 aliphatic rings. The first-order valence-corrected chi connectivity index (χ1v) is 9.29. The maximum Gasteiger partial charge on any atom is 0.274 e. The highest BCUT2D eigenvalue weighted by molar-refractivity contribution is 6.03. The van der Waals surface area contributed by atoms with Gasteiger partial charge in [0.15, 0.2) is 5.96 Å². The molecule has 1 saturated heterocycles. The van der Waals surface area contributed by atoms with Crippen molar-refractivity contribution < 1.29 is 27.5 Å². The Bertz CT molecular complexity index is 1080. The molecule has 0 radical (unpaired) electrons. The number of anilines is 1. The molecule has 0 spiro atoms. The Balaban J connectivity index is 1.66. The van der Waals surface area contributed by atoms with Crippen LogP contribution in [0.4, 0.5) is 18.9 Å². The van der Waals surface area contributed by atoms with Crippen LogP contribution < -0.4 is 11.1 Å². The zero-order valence-corrected chi connectivity index (χ0v) is 16.3. The number of amides is 2. The molecule has 0 saturated carbocycles. The molecule has 3 N–H and O–H groups in total. The molecule has 2 atom stereocenters. The van der Waals surface area contributed by atoms with Crippen molar-refractivity contribution in [3.05, 3.63) is 59.2 Å². The molecule has 1 aromatic carbocycles. The maximum absolute atomic E-state index is 14.8. The Hall–Kier alpha value is -3.47. The summed E-state index contributed by atoms with van der Waals surface area (Å²) in [6.07, 6.45) is -1.79. The van der Waals surface area contributed by atoms with Crippen molar-refractivity contribution in [2.75, 3.05) is 25.6 Å². The zero-order chi connectivity index (χ0) is 22.3. The number of benzene rings is 1. The first kappa shape index (κ1) is 20.8. The largest absolute Gasteiger partial charge is 0.378 e. The second-order valence-electron chi connectivity index (χ2n) is 7.29. The molecule has 2 unspecified atom stereocenters. The molecule has 31 heavy (non-hydrogen) atoms.